The first kappa shape index (κ1) is 14.4. The van der Waals surface area contributed by atoms with Crippen molar-refractivity contribution in [2.75, 3.05) is 13.1 Å². The number of hydrogen-bond donors (Lipinski definition) is 1. The van der Waals surface area contributed by atoms with E-state index in [-0.39, 0.29) is 0 Å². The van der Waals surface area contributed by atoms with Crippen LogP contribution in [0.4, 0.5) is 0 Å². The van der Waals surface area contributed by atoms with Crippen LogP contribution in [0.2, 0.25) is 0 Å². The standard InChI is InChI=1S/C17H30N2O/c1-4-12(2)13(3)19(14-5-6-14)16(20)15-11-17(15)7-9-18-10-8-17/h12-15,18H,4-11H2,1-3H3. The monoisotopic (exact) mass is 278 g/mol. The van der Waals surface area contributed by atoms with E-state index in [4.69, 9.17) is 0 Å². The Bertz CT molecular complexity index is 371. The summed E-state index contributed by atoms with van der Waals surface area (Å²) in [4.78, 5) is 15.3. The van der Waals surface area contributed by atoms with Gasteiger partial charge in [0.1, 0.15) is 0 Å². The lowest BCUT2D eigenvalue weighted by Gasteiger charge is -2.34. The van der Waals surface area contributed by atoms with Gasteiger partial charge in [-0.25, -0.2) is 0 Å². The summed E-state index contributed by atoms with van der Waals surface area (Å²) in [6.07, 6.45) is 7.20. The van der Waals surface area contributed by atoms with Crippen LogP contribution in [0.5, 0.6) is 0 Å². The zero-order valence-corrected chi connectivity index (χ0v) is 13.3. The highest BCUT2D eigenvalue weighted by Crippen LogP contribution is 2.59. The molecule has 3 nitrogen and oxygen atoms in total. The molecule has 3 aliphatic rings. The molecule has 1 spiro atoms. The van der Waals surface area contributed by atoms with Gasteiger partial charge in [-0.2, -0.15) is 0 Å². The van der Waals surface area contributed by atoms with E-state index in [2.05, 4.69) is 31.0 Å². The summed E-state index contributed by atoms with van der Waals surface area (Å²) in [7, 11) is 0. The molecular formula is C17H30N2O. The molecule has 1 saturated heterocycles. The Morgan fingerprint density at radius 3 is 2.50 bits per heavy atom. The summed E-state index contributed by atoms with van der Waals surface area (Å²) in [5.74, 6) is 1.45. The van der Waals surface area contributed by atoms with Gasteiger partial charge in [0, 0.05) is 18.0 Å². The molecule has 2 saturated carbocycles. The summed E-state index contributed by atoms with van der Waals surface area (Å²) >= 11 is 0. The Balaban J connectivity index is 1.68. The van der Waals surface area contributed by atoms with Gasteiger partial charge in [0.2, 0.25) is 5.91 Å². The van der Waals surface area contributed by atoms with Crippen molar-refractivity contribution in [3.8, 4) is 0 Å². The maximum Gasteiger partial charge on any atom is 0.226 e. The zero-order chi connectivity index (χ0) is 14.3. The van der Waals surface area contributed by atoms with E-state index in [1.165, 1.54) is 25.7 Å². The third-order valence-electron chi connectivity index (χ3n) is 6.19. The third-order valence-corrected chi connectivity index (χ3v) is 6.19. The Hall–Kier alpha value is -0.570. The van der Waals surface area contributed by atoms with Crippen molar-refractivity contribution >= 4 is 5.91 Å². The van der Waals surface area contributed by atoms with Gasteiger partial charge in [-0.15, -0.1) is 0 Å². The Labute approximate surface area is 123 Å². The van der Waals surface area contributed by atoms with E-state index in [9.17, 15) is 4.79 Å². The quantitative estimate of drug-likeness (QED) is 0.838. The Morgan fingerprint density at radius 1 is 1.30 bits per heavy atom. The predicted molar refractivity (Wildman–Crippen MR) is 81.4 cm³/mol. The second kappa shape index (κ2) is 5.32. The van der Waals surface area contributed by atoms with Crippen LogP contribution in [0, 0.1) is 17.3 Å². The minimum atomic E-state index is 0.344. The first-order valence-electron chi connectivity index (χ1n) is 8.62. The van der Waals surface area contributed by atoms with Crippen LogP contribution >= 0.6 is 0 Å². The molecular weight excluding hydrogens is 248 g/mol. The highest BCUT2D eigenvalue weighted by Gasteiger charge is 2.59. The summed E-state index contributed by atoms with van der Waals surface area (Å²) < 4.78 is 0. The van der Waals surface area contributed by atoms with E-state index in [0.29, 0.717) is 35.2 Å². The molecule has 2 aliphatic carbocycles. The van der Waals surface area contributed by atoms with Crippen LogP contribution in [-0.4, -0.2) is 36.0 Å². The lowest BCUT2D eigenvalue weighted by molar-refractivity contribution is -0.137. The molecule has 20 heavy (non-hydrogen) atoms. The predicted octanol–water partition coefficient (Wildman–Crippen LogP) is 2.80. The number of hydrogen-bond acceptors (Lipinski definition) is 2. The normalized spacial score (nSPS) is 30.9. The molecule has 1 amide bonds. The minimum absolute atomic E-state index is 0.344. The molecule has 0 aromatic rings. The number of carbonyl (C=O) groups is 1. The fraction of sp³-hybridized carbons (Fsp3) is 0.941. The molecule has 0 radical (unpaired) electrons. The largest absolute Gasteiger partial charge is 0.336 e. The second-order valence-corrected chi connectivity index (χ2v) is 7.47. The molecule has 3 heteroatoms. The number of nitrogens with zero attached hydrogens (tertiary/aromatic N) is 1. The highest BCUT2D eigenvalue weighted by atomic mass is 16.2. The molecule has 3 fully saturated rings. The second-order valence-electron chi connectivity index (χ2n) is 7.47. The third kappa shape index (κ3) is 2.49. The van der Waals surface area contributed by atoms with Gasteiger partial charge < -0.3 is 10.2 Å². The van der Waals surface area contributed by atoms with E-state index in [0.717, 1.165) is 25.9 Å². The zero-order valence-electron chi connectivity index (χ0n) is 13.3. The van der Waals surface area contributed by atoms with Crippen molar-refractivity contribution in [2.45, 2.75) is 71.4 Å². The van der Waals surface area contributed by atoms with Crippen molar-refractivity contribution in [3.05, 3.63) is 0 Å². The van der Waals surface area contributed by atoms with E-state index >= 15 is 0 Å². The van der Waals surface area contributed by atoms with E-state index in [1.54, 1.807) is 0 Å². The first-order chi connectivity index (χ1) is 9.59. The molecule has 0 aromatic carbocycles. The van der Waals surface area contributed by atoms with Crippen molar-refractivity contribution in [1.82, 2.24) is 10.2 Å². The molecule has 0 aromatic heterocycles. The number of piperidine rings is 1. The van der Waals surface area contributed by atoms with Crippen molar-refractivity contribution in [3.63, 3.8) is 0 Å². The summed E-state index contributed by atoms with van der Waals surface area (Å²) in [5.41, 5.74) is 0.380. The van der Waals surface area contributed by atoms with Crippen molar-refractivity contribution in [1.29, 1.82) is 0 Å². The average Bonchev–Trinajstić information content (AvgIpc) is 3.37. The SMILES string of the molecule is CCC(C)C(C)N(C(=O)C1CC12CCNCC2)C1CC1. The van der Waals surface area contributed by atoms with Crippen molar-refractivity contribution in [2.24, 2.45) is 17.3 Å². The maximum absolute atomic E-state index is 13.0. The number of nitrogens with one attached hydrogen (secondary N) is 1. The van der Waals surface area contributed by atoms with Gasteiger partial charge in [-0.3, -0.25) is 4.79 Å². The van der Waals surface area contributed by atoms with Gasteiger partial charge in [0.15, 0.2) is 0 Å². The Kier molecular flexibility index (Phi) is 3.83. The highest BCUT2D eigenvalue weighted by molar-refractivity contribution is 5.83. The average molecular weight is 278 g/mol. The number of amides is 1. The van der Waals surface area contributed by atoms with Crippen LogP contribution < -0.4 is 5.32 Å². The van der Waals surface area contributed by atoms with Gasteiger partial charge in [0.05, 0.1) is 0 Å². The van der Waals surface area contributed by atoms with E-state index < -0.39 is 0 Å². The van der Waals surface area contributed by atoms with Gasteiger partial charge >= 0.3 is 0 Å². The molecule has 3 unspecified atom stereocenters. The Morgan fingerprint density at radius 2 is 1.95 bits per heavy atom. The fourth-order valence-corrected chi connectivity index (χ4v) is 4.04. The van der Waals surface area contributed by atoms with Gasteiger partial charge in [-0.1, -0.05) is 20.3 Å². The molecule has 1 aliphatic heterocycles. The first-order valence-corrected chi connectivity index (χ1v) is 8.62. The van der Waals surface area contributed by atoms with Crippen molar-refractivity contribution < 1.29 is 4.79 Å². The fourth-order valence-electron chi connectivity index (χ4n) is 4.04. The van der Waals surface area contributed by atoms with Crippen LogP contribution in [0.1, 0.15) is 59.3 Å². The summed E-state index contributed by atoms with van der Waals surface area (Å²) in [6, 6.07) is 0.977. The van der Waals surface area contributed by atoms with E-state index in [1.807, 2.05) is 0 Å². The van der Waals surface area contributed by atoms with Crippen LogP contribution in [-0.2, 0) is 4.79 Å². The molecule has 1 N–H and O–H groups in total. The molecule has 0 bridgehead atoms. The topological polar surface area (TPSA) is 32.3 Å². The molecule has 1 heterocycles. The number of carbonyl (C=O) groups excluding carboxylic acids is 1. The lowest BCUT2D eigenvalue weighted by atomic mass is 9.91. The molecule has 3 rings (SSSR count). The van der Waals surface area contributed by atoms with Gasteiger partial charge in [-0.05, 0) is 63.5 Å². The maximum atomic E-state index is 13.0. The van der Waals surface area contributed by atoms with Crippen LogP contribution in [0.15, 0.2) is 0 Å². The summed E-state index contributed by atoms with van der Waals surface area (Å²) in [6.45, 7) is 9.01. The lowest BCUT2D eigenvalue weighted by Crippen LogP contribution is -2.45. The van der Waals surface area contributed by atoms with Crippen LogP contribution in [0.25, 0.3) is 0 Å². The molecule has 3 atom stereocenters. The summed E-state index contributed by atoms with van der Waals surface area (Å²) in [5, 5.41) is 3.43. The number of rotatable bonds is 5. The smallest absolute Gasteiger partial charge is 0.226 e. The molecule has 114 valence electrons. The van der Waals surface area contributed by atoms with Gasteiger partial charge in [0.25, 0.3) is 0 Å². The van der Waals surface area contributed by atoms with Crippen LogP contribution in [0.3, 0.4) is 0 Å². The minimum Gasteiger partial charge on any atom is -0.336 e.